The Hall–Kier alpha value is -2.92. The number of carbonyl (C=O) groups excluding carboxylic acids is 4. The summed E-state index contributed by atoms with van der Waals surface area (Å²) >= 11 is 5.72. The molecule has 4 aliphatic rings. The maximum absolute atomic E-state index is 15.1. The summed E-state index contributed by atoms with van der Waals surface area (Å²) in [6.45, 7) is 4.34. The van der Waals surface area contributed by atoms with Gasteiger partial charge in [0.05, 0.1) is 21.8 Å². The summed E-state index contributed by atoms with van der Waals surface area (Å²) in [7, 11) is 0. The third-order valence-corrected chi connectivity index (χ3v) is 7.72. The van der Waals surface area contributed by atoms with Crippen LogP contribution in [0.3, 0.4) is 0 Å². The molecule has 0 saturated carbocycles. The fourth-order valence-corrected chi connectivity index (χ4v) is 5.63. The lowest BCUT2D eigenvalue weighted by Crippen LogP contribution is -2.54. The molecular formula is C23H26FN5O4S. The van der Waals surface area contributed by atoms with Gasteiger partial charge in [-0.2, -0.15) is 0 Å². The lowest BCUT2D eigenvalue weighted by Gasteiger charge is -2.40. The number of imide groups is 2. The normalized spacial score (nSPS) is 23.9. The first-order chi connectivity index (χ1) is 16.3. The summed E-state index contributed by atoms with van der Waals surface area (Å²) in [5, 5.41) is 5.50. The largest absolute Gasteiger partial charge is 0.366 e. The molecule has 0 aromatic heterocycles. The van der Waals surface area contributed by atoms with E-state index in [4.69, 9.17) is 12.2 Å². The number of anilines is 1. The third-order valence-electron chi connectivity index (χ3n) is 7.13. The molecule has 2 N–H and O–H groups in total. The number of nitrogens with zero attached hydrogens (tertiary/aromatic N) is 3. The lowest BCUT2D eigenvalue weighted by molar-refractivity contribution is -0.136. The molecule has 180 valence electrons. The Bertz CT molecular complexity index is 1080. The van der Waals surface area contributed by atoms with Crippen molar-refractivity contribution in [1.82, 2.24) is 20.4 Å². The minimum Gasteiger partial charge on any atom is -0.366 e. The smallest absolute Gasteiger partial charge is 0.262 e. The predicted molar refractivity (Wildman–Crippen MR) is 125 cm³/mol. The van der Waals surface area contributed by atoms with Crippen LogP contribution in [0.2, 0.25) is 0 Å². The monoisotopic (exact) mass is 487 g/mol. The van der Waals surface area contributed by atoms with Crippen LogP contribution in [-0.2, 0) is 9.59 Å². The van der Waals surface area contributed by atoms with Crippen LogP contribution in [0.4, 0.5) is 10.1 Å². The summed E-state index contributed by atoms with van der Waals surface area (Å²) < 4.78 is 15.1. The first kappa shape index (κ1) is 22.9. The van der Waals surface area contributed by atoms with Gasteiger partial charge in [-0.3, -0.25) is 29.4 Å². The molecule has 34 heavy (non-hydrogen) atoms. The molecule has 4 amide bonds. The molecule has 0 spiro atoms. The van der Waals surface area contributed by atoms with Crippen LogP contribution >= 0.6 is 12.2 Å². The van der Waals surface area contributed by atoms with E-state index in [1.807, 2.05) is 4.90 Å². The minimum absolute atomic E-state index is 0.0347. The molecular weight excluding hydrogens is 461 g/mol. The average molecular weight is 488 g/mol. The number of hydrogen-bond donors (Lipinski definition) is 2. The number of benzene rings is 1. The Morgan fingerprint density at radius 2 is 1.59 bits per heavy atom. The topological polar surface area (TPSA) is 102 Å². The van der Waals surface area contributed by atoms with Gasteiger partial charge in [-0.15, -0.1) is 0 Å². The van der Waals surface area contributed by atoms with Gasteiger partial charge in [-0.1, -0.05) is 12.2 Å². The van der Waals surface area contributed by atoms with Crippen molar-refractivity contribution in [2.24, 2.45) is 5.92 Å². The summed E-state index contributed by atoms with van der Waals surface area (Å²) in [4.78, 5) is 55.5. The van der Waals surface area contributed by atoms with Crippen molar-refractivity contribution in [3.8, 4) is 0 Å². The zero-order chi connectivity index (χ0) is 24.0. The lowest BCUT2D eigenvalue weighted by atomic mass is 9.97. The molecule has 1 unspecified atom stereocenters. The van der Waals surface area contributed by atoms with E-state index in [0.717, 1.165) is 41.9 Å². The number of hydrogen-bond acceptors (Lipinski definition) is 7. The standard InChI is InChI=1S/C23H26FN5O4S/c24-16-11-14-15(22(33)29(21(14)32)17-1-2-19(30)26-20(17)31)12-18(16)27-7-9-28(10-8-27)23(34)13-3-5-25-6-4-13/h11-13,17,25H,1-10H2,(H,26,30,31). The molecule has 5 rings (SSSR count). The van der Waals surface area contributed by atoms with Gasteiger partial charge in [0.2, 0.25) is 11.8 Å². The fraction of sp³-hybridized carbons (Fsp3) is 0.522. The molecule has 1 atom stereocenters. The SMILES string of the molecule is O=C1CCC(N2C(=O)c3cc(F)c(N4CCN(C(=S)C5CCNCC5)CC4)cc3C2=O)C(=O)N1. The molecule has 9 nitrogen and oxygen atoms in total. The zero-order valence-electron chi connectivity index (χ0n) is 18.6. The molecule has 0 radical (unpaired) electrons. The second-order valence-corrected chi connectivity index (χ2v) is 9.55. The number of rotatable bonds is 3. The minimum atomic E-state index is -1.07. The Morgan fingerprint density at radius 3 is 2.24 bits per heavy atom. The Labute approximate surface area is 201 Å². The van der Waals surface area contributed by atoms with Crippen LogP contribution in [0.1, 0.15) is 46.4 Å². The van der Waals surface area contributed by atoms with Crippen LogP contribution in [0.25, 0.3) is 0 Å². The Kier molecular flexibility index (Phi) is 6.07. The zero-order valence-corrected chi connectivity index (χ0v) is 19.5. The molecule has 4 aliphatic heterocycles. The Balaban J connectivity index is 1.31. The fourth-order valence-electron chi connectivity index (χ4n) is 5.22. The summed E-state index contributed by atoms with van der Waals surface area (Å²) in [6, 6.07) is 1.43. The van der Waals surface area contributed by atoms with E-state index < -0.39 is 35.5 Å². The van der Waals surface area contributed by atoms with Gasteiger partial charge in [0.1, 0.15) is 11.9 Å². The van der Waals surface area contributed by atoms with E-state index in [2.05, 4.69) is 15.5 Å². The number of fused-ring (bicyclic) bond motifs is 1. The van der Waals surface area contributed by atoms with Crippen LogP contribution in [0, 0.1) is 11.7 Å². The number of piperazine rings is 1. The number of carbonyl (C=O) groups is 4. The summed E-state index contributed by atoms with van der Waals surface area (Å²) in [6.07, 6.45) is 2.15. The van der Waals surface area contributed by atoms with E-state index in [1.54, 1.807) is 0 Å². The molecule has 4 heterocycles. The molecule has 0 bridgehead atoms. The van der Waals surface area contributed by atoms with Crippen molar-refractivity contribution < 1.29 is 23.6 Å². The quantitative estimate of drug-likeness (QED) is 0.474. The third kappa shape index (κ3) is 3.96. The van der Waals surface area contributed by atoms with Crippen LogP contribution < -0.4 is 15.5 Å². The van der Waals surface area contributed by atoms with Crippen molar-refractivity contribution in [2.75, 3.05) is 44.2 Å². The van der Waals surface area contributed by atoms with Gasteiger partial charge in [0.15, 0.2) is 0 Å². The average Bonchev–Trinajstić information content (AvgIpc) is 3.08. The highest BCUT2D eigenvalue weighted by Crippen LogP contribution is 2.33. The molecule has 3 saturated heterocycles. The maximum Gasteiger partial charge on any atom is 0.262 e. The van der Waals surface area contributed by atoms with Crippen LogP contribution in [-0.4, -0.2) is 83.7 Å². The number of nitrogens with one attached hydrogen (secondary N) is 2. The highest BCUT2D eigenvalue weighted by atomic mass is 32.1. The van der Waals surface area contributed by atoms with Gasteiger partial charge in [-0.25, -0.2) is 4.39 Å². The maximum atomic E-state index is 15.1. The van der Waals surface area contributed by atoms with Gasteiger partial charge in [-0.05, 0) is 44.5 Å². The van der Waals surface area contributed by atoms with Gasteiger partial charge in [0, 0.05) is 38.5 Å². The highest BCUT2D eigenvalue weighted by molar-refractivity contribution is 7.80. The molecule has 0 aliphatic carbocycles. The highest BCUT2D eigenvalue weighted by Gasteiger charge is 2.45. The summed E-state index contributed by atoms with van der Waals surface area (Å²) in [5.41, 5.74) is 0.290. The van der Waals surface area contributed by atoms with E-state index in [1.165, 1.54) is 6.07 Å². The van der Waals surface area contributed by atoms with Crippen molar-refractivity contribution in [2.45, 2.75) is 31.7 Å². The van der Waals surface area contributed by atoms with Crippen molar-refractivity contribution in [1.29, 1.82) is 0 Å². The predicted octanol–water partition coefficient (Wildman–Crippen LogP) is 0.676. The van der Waals surface area contributed by atoms with Gasteiger partial charge in [0.25, 0.3) is 11.8 Å². The second kappa shape index (κ2) is 9.03. The van der Waals surface area contributed by atoms with Gasteiger partial charge < -0.3 is 15.1 Å². The second-order valence-electron chi connectivity index (χ2n) is 9.13. The molecule has 3 fully saturated rings. The summed E-state index contributed by atoms with van der Waals surface area (Å²) in [5.74, 6) is -2.67. The van der Waals surface area contributed by atoms with Gasteiger partial charge >= 0.3 is 0 Å². The van der Waals surface area contributed by atoms with E-state index in [9.17, 15) is 19.2 Å². The number of halogens is 1. The van der Waals surface area contributed by atoms with Crippen LogP contribution in [0.15, 0.2) is 12.1 Å². The molecule has 11 heteroatoms. The van der Waals surface area contributed by atoms with Crippen molar-refractivity contribution in [3.63, 3.8) is 0 Å². The van der Waals surface area contributed by atoms with E-state index >= 15 is 4.39 Å². The first-order valence-corrected chi connectivity index (χ1v) is 12.1. The molecule has 1 aromatic carbocycles. The molecule has 1 aromatic rings. The van der Waals surface area contributed by atoms with E-state index in [0.29, 0.717) is 32.1 Å². The van der Waals surface area contributed by atoms with Crippen molar-refractivity contribution in [3.05, 3.63) is 29.1 Å². The number of piperidine rings is 2. The Morgan fingerprint density at radius 1 is 0.941 bits per heavy atom. The first-order valence-electron chi connectivity index (χ1n) is 11.6. The number of thiocarbonyl (C=S) groups is 1. The van der Waals surface area contributed by atoms with Crippen molar-refractivity contribution >= 4 is 46.5 Å². The van der Waals surface area contributed by atoms with Crippen LogP contribution in [0.5, 0.6) is 0 Å². The van der Waals surface area contributed by atoms with E-state index in [-0.39, 0.29) is 29.7 Å². The number of amides is 4.